The van der Waals surface area contributed by atoms with E-state index in [0.29, 0.717) is 11.2 Å². The van der Waals surface area contributed by atoms with E-state index in [-0.39, 0.29) is 11.9 Å². The number of nitriles is 1. The fraction of sp³-hybridized carbons (Fsp3) is 0.167. The molecule has 1 N–H and O–H groups in total. The van der Waals surface area contributed by atoms with Gasteiger partial charge < -0.3 is 9.84 Å². The summed E-state index contributed by atoms with van der Waals surface area (Å²) in [7, 11) is 1.43. The molecule has 0 amide bonds. The number of hydrogen-bond acceptors (Lipinski definition) is 3. The van der Waals surface area contributed by atoms with Crippen molar-refractivity contribution in [2.45, 2.75) is 6.32 Å². The minimum atomic E-state index is -1.04. The Bertz CT molecular complexity index is 513. The fourth-order valence-electron chi connectivity index (χ4n) is 1.48. The Balaban J connectivity index is 3.22. The molecular weight excluding hydrogens is 217 g/mol. The Kier molecular flexibility index (Phi) is 4.19. The van der Waals surface area contributed by atoms with Crippen LogP contribution in [0.2, 0.25) is 6.32 Å². The lowest BCUT2D eigenvalue weighted by atomic mass is 9.44. The summed E-state index contributed by atoms with van der Waals surface area (Å²) in [6.07, 6.45) is 5.44. The molecule has 5 heteroatoms. The van der Waals surface area contributed by atoms with Crippen molar-refractivity contribution in [2.75, 3.05) is 7.11 Å². The predicted octanol–water partition coefficient (Wildman–Crippen LogP) is 0.791. The van der Waals surface area contributed by atoms with Gasteiger partial charge in [0, 0.05) is 12.3 Å². The summed E-state index contributed by atoms with van der Waals surface area (Å²) in [6.45, 7) is -0.488. The molecule has 0 unspecified atom stereocenters. The first-order valence-corrected chi connectivity index (χ1v) is 4.88. The van der Waals surface area contributed by atoms with Gasteiger partial charge in [0.2, 0.25) is 0 Å². The van der Waals surface area contributed by atoms with Gasteiger partial charge in [-0.2, -0.15) is 0 Å². The highest BCUT2D eigenvalue weighted by molar-refractivity contribution is 6.81. The number of rotatable bonds is 4. The van der Waals surface area contributed by atoms with Crippen LogP contribution in [0.25, 0.3) is 0 Å². The van der Waals surface area contributed by atoms with E-state index in [0.717, 1.165) is 0 Å². The number of carboxylic acids is 1. The Morgan fingerprint density at radius 2 is 2.35 bits per heavy atom. The Morgan fingerprint density at radius 3 is 2.82 bits per heavy atom. The quantitative estimate of drug-likeness (QED) is 0.609. The van der Waals surface area contributed by atoms with Crippen molar-refractivity contribution in [3.05, 3.63) is 23.8 Å². The summed E-state index contributed by atoms with van der Waals surface area (Å²) in [6, 6.07) is 4.38. The van der Waals surface area contributed by atoms with Gasteiger partial charge in [0.05, 0.1) is 12.7 Å². The molecule has 0 fully saturated rings. The Morgan fingerprint density at radius 1 is 1.65 bits per heavy atom. The normalized spacial score (nSPS) is 8.88. The third-order valence-electron chi connectivity index (χ3n) is 2.33. The van der Waals surface area contributed by atoms with E-state index in [9.17, 15) is 4.79 Å². The van der Waals surface area contributed by atoms with E-state index >= 15 is 0 Å². The van der Waals surface area contributed by atoms with Crippen LogP contribution < -0.4 is 10.2 Å². The lowest BCUT2D eigenvalue weighted by molar-refractivity contribution is 0.0696. The number of nitrogens with zero attached hydrogens (tertiary/aromatic N) is 1. The van der Waals surface area contributed by atoms with Gasteiger partial charge in [-0.1, -0.05) is 6.07 Å². The van der Waals surface area contributed by atoms with Crippen LogP contribution in [-0.4, -0.2) is 24.9 Å². The van der Waals surface area contributed by atoms with Gasteiger partial charge >= 0.3 is 12.7 Å². The van der Waals surface area contributed by atoms with Crippen LogP contribution >= 0.6 is 0 Å². The second-order valence-corrected chi connectivity index (χ2v) is 3.35. The van der Waals surface area contributed by atoms with Gasteiger partial charge in [0.25, 0.3) is 0 Å². The second kappa shape index (κ2) is 5.62. The van der Waals surface area contributed by atoms with Crippen LogP contribution in [0.3, 0.4) is 0 Å². The number of benzene rings is 1. The summed E-state index contributed by atoms with van der Waals surface area (Å²) in [4.78, 5) is 10.8. The number of methoxy groups -OCH3 is 1. The van der Waals surface area contributed by atoms with Crippen LogP contribution in [0.1, 0.15) is 10.4 Å². The molecule has 0 bridgehead atoms. The largest absolute Gasteiger partial charge is 0.497 e. The fourth-order valence-corrected chi connectivity index (χ4v) is 1.48. The lowest BCUT2D eigenvalue weighted by Crippen LogP contribution is -2.29. The average molecular weight is 227 g/mol. The number of carbonyl (C=O) groups is 1. The molecule has 0 saturated carbocycles. The molecule has 0 heterocycles. The lowest BCUT2D eigenvalue weighted by Gasteiger charge is -2.10. The summed E-state index contributed by atoms with van der Waals surface area (Å²) < 4.78 is 5.08. The SMILES string of the molecule is C#CCB(C#N)c1ccc(C(=O)O)cc1OC. The smallest absolute Gasteiger partial charge is 0.335 e. The molecule has 0 aliphatic carbocycles. The molecule has 0 aliphatic heterocycles. The molecule has 4 nitrogen and oxygen atoms in total. The maximum Gasteiger partial charge on any atom is 0.335 e. The minimum Gasteiger partial charge on any atom is -0.497 e. The van der Waals surface area contributed by atoms with E-state index in [2.05, 4.69) is 11.9 Å². The number of ether oxygens (including phenoxy) is 1. The zero-order valence-electron chi connectivity index (χ0n) is 9.30. The van der Waals surface area contributed by atoms with Crippen molar-refractivity contribution in [2.24, 2.45) is 0 Å². The third-order valence-corrected chi connectivity index (χ3v) is 2.33. The van der Waals surface area contributed by atoms with Gasteiger partial charge in [0.15, 0.2) is 0 Å². The predicted molar refractivity (Wildman–Crippen MR) is 64.6 cm³/mol. The molecule has 1 rings (SSSR count). The van der Waals surface area contributed by atoms with Gasteiger partial charge in [-0.15, -0.1) is 12.3 Å². The van der Waals surface area contributed by atoms with Crippen molar-refractivity contribution in [3.8, 4) is 24.1 Å². The molecule has 0 saturated heterocycles. The van der Waals surface area contributed by atoms with E-state index in [4.69, 9.17) is 21.5 Å². The van der Waals surface area contributed by atoms with Crippen LogP contribution in [0.4, 0.5) is 0 Å². The van der Waals surface area contributed by atoms with Crippen molar-refractivity contribution < 1.29 is 14.6 Å². The molecule has 0 atom stereocenters. The monoisotopic (exact) mass is 227 g/mol. The summed E-state index contributed by atoms with van der Waals surface area (Å²) in [5.74, 6) is 3.81. The number of hydrogen-bond donors (Lipinski definition) is 1. The highest BCUT2D eigenvalue weighted by atomic mass is 16.5. The Labute approximate surface area is 99.9 Å². The van der Waals surface area contributed by atoms with Crippen LogP contribution in [0, 0.1) is 23.6 Å². The number of aromatic carboxylic acids is 1. The van der Waals surface area contributed by atoms with Crippen molar-refractivity contribution >= 4 is 18.1 Å². The van der Waals surface area contributed by atoms with Crippen molar-refractivity contribution in [3.63, 3.8) is 0 Å². The van der Waals surface area contributed by atoms with Gasteiger partial charge in [-0.25, -0.2) is 10.1 Å². The number of terminal acetylenes is 1. The van der Waals surface area contributed by atoms with Crippen LogP contribution in [0.5, 0.6) is 5.75 Å². The molecule has 1 aromatic carbocycles. The molecule has 0 spiro atoms. The van der Waals surface area contributed by atoms with Gasteiger partial charge in [-0.05, 0) is 17.6 Å². The van der Waals surface area contributed by atoms with Crippen molar-refractivity contribution in [1.29, 1.82) is 5.26 Å². The maximum atomic E-state index is 10.8. The zero-order valence-corrected chi connectivity index (χ0v) is 9.30. The second-order valence-electron chi connectivity index (χ2n) is 3.35. The molecular formula is C12H10BNO3. The highest BCUT2D eigenvalue weighted by Gasteiger charge is 2.21. The van der Waals surface area contributed by atoms with E-state index in [1.807, 2.05) is 0 Å². The van der Waals surface area contributed by atoms with Gasteiger partial charge in [-0.3, -0.25) is 0 Å². The summed E-state index contributed by atoms with van der Waals surface area (Å²) in [5.41, 5.74) is 0.723. The molecule has 1 aromatic rings. The first kappa shape index (κ1) is 12.7. The zero-order chi connectivity index (χ0) is 12.8. The van der Waals surface area contributed by atoms with E-state index < -0.39 is 12.7 Å². The molecule has 0 radical (unpaired) electrons. The minimum absolute atomic E-state index is 0.114. The number of carboxylic acid groups (broad SMARTS) is 1. The highest BCUT2D eigenvalue weighted by Crippen LogP contribution is 2.13. The van der Waals surface area contributed by atoms with Crippen LogP contribution in [-0.2, 0) is 0 Å². The molecule has 17 heavy (non-hydrogen) atoms. The van der Waals surface area contributed by atoms with E-state index in [1.165, 1.54) is 19.2 Å². The first-order valence-electron chi connectivity index (χ1n) is 4.88. The standard InChI is InChI=1S/C12H10BNO3/c1-3-6-13(8-14)10-5-4-9(12(15)16)7-11(10)17-2/h1,4-5,7H,6H2,2H3,(H,15,16). The topological polar surface area (TPSA) is 70.3 Å². The maximum absolute atomic E-state index is 10.8. The molecule has 84 valence electrons. The third kappa shape index (κ3) is 2.79. The summed E-state index contributed by atoms with van der Waals surface area (Å²) >= 11 is 0. The van der Waals surface area contributed by atoms with Crippen molar-refractivity contribution in [1.82, 2.24) is 0 Å². The van der Waals surface area contributed by atoms with Crippen LogP contribution in [0.15, 0.2) is 18.2 Å². The average Bonchev–Trinajstić information content (AvgIpc) is 2.35. The first-order chi connectivity index (χ1) is 8.13. The molecule has 0 aliphatic rings. The van der Waals surface area contributed by atoms with Gasteiger partial charge in [0.1, 0.15) is 5.75 Å². The van der Waals surface area contributed by atoms with E-state index in [1.54, 1.807) is 6.07 Å². The summed E-state index contributed by atoms with van der Waals surface area (Å²) in [5, 5.41) is 17.8. The molecule has 0 aromatic heterocycles. The Hall–Kier alpha value is -2.40.